The molecule has 0 amide bonds. The van der Waals surface area contributed by atoms with Crippen LogP contribution >= 0.6 is 11.6 Å². The SMILES string of the molecule is Cc1ccc(F)cc1Nc1ncnc(Cl)c1C=O. The van der Waals surface area contributed by atoms with E-state index in [0.29, 0.717) is 12.0 Å². The van der Waals surface area contributed by atoms with Crippen LogP contribution in [0.25, 0.3) is 0 Å². The van der Waals surface area contributed by atoms with Crippen LogP contribution in [0.5, 0.6) is 0 Å². The van der Waals surface area contributed by atoms with E-state index >= 15 is 0 Å². The second-order valence-electron chi connectivity index (χ2n) is 3.63. The summed E-state index contributed by atoms with van der Waals surface area (Å²) in [7, 11) is 0. The van der Waals surface area contributed by atoms with Gasteiger partial charge in [0.2, 0.25) is 0 Å². The predicted molar refractivity (Wildman–Crippen MR) is 66.8 cm³/mol. The maximum atomic E-state index is 13.1. The molecular weight excluding hydrogens is 257 g/mol. The first-order chi connectivity index (χ1) is 8.61. The Bertz CT molecular complexity index is 604. The van der Waals surface area contributed by atoms with Gasteiger partial charge in [-0.15, -0.1) is 0 Å². The van der Waals surface area contributed by atoms with Crippen LogP contribution in [0.15, 0.2) is 24.5 Å². The number of carbonyl (C=O) groups is 1. The van der Waals surface area contributed by atoms with Crippen LogP contribution in [-0.2, 0) is 0 Å². The molecule has 2 rings (SSSR count). The number of hydrogen-bond donors (Lipinski definition) is 1. The fraction of sp³-hybridized carbons (Fsp3) is 0.0833. The van der Waals surface area contributed by atoms with Crippen LogP contribution in [0.4, 0.5) is 15.9 Å². The third-order valence-electron chi connectivity index (χ3n) is 2.41. The number of carbonyl (C=O) groups excluding carboxylic acids is 1. The van der Waals surface area contributed by atoms with Gasteiger partial charge in [-0.3, -0.25) is 4.79 Å². The summed E-state index contributed by atoms with van der Waals surface area (Å²) < 4.78 is 13.1. The van der Waals surface area contributed by atoms with Crippen LogP contribution < -0.4 is 5.32 Å². The van der Waals surface area contributed by atoms with E-state index < -0.39 is 0 Å². The lowest BCUT2D eigenvalue weighted by Crippen LogP contribution is -2.02. The number of nitrogens with one attached hydrogen (secondary N) is 1. The second kappa shape index (κ2) is 5.10. The average molecular weight is 266 g/mol. The van der Waals surface area contributed by atoms with Crippen molar-refractivity contribution in [2.45, 2.75) is 6.92 Å². The number of hydrogen-bond acceptors (Lipinski definition) is 4. The normalized spacial score (nSPS) is 10.2. The molecule has 0 atom stereocenters. The molecule has 0 aliphatic heterocycles. The number of nitrogens with zero attached hydrogens (tertiary/aromatic N) is 2. The zero-order valence-corrected chi connectivity index (χ0v) is 10.2. The summed E-state index contributed by atoms with van der Waals surface area (Å²) in [6, 6.07) is 4.30. The zero-order chi connectivity index (χ0) is 13.1. The summed E-state index contributed by atoms with van der Waals surface area (Å²) in [5.41, 5.74) is 1.48. The molecule has 1 heterocycles. The Kier molecular flexibility index (Phi) is 3.53. The van der Waals surface area contributed by atoms with Gasteiger partial charge in [-0.1, -0.05) is 17.7 Å². The first kappa shape index (κ1) is 12.4. The summed E-state index contributed by atoms with van der Waals surface area (Å²) in [6.45, 7) is 1.81. The van der Waals surface area contributed by atoms with Gasteiger partial charge in [0.1, 0.15) is 23.1 Å². The Morgan fingerprint density at radius 1 is 1.39 bits per heavy atom. The second-order valence-corrected chi connectivity index (χ2v) is 3.99. The highest BCUT2D eigenvalue weighted by molar-refractivity contribution is 6.32. The first-order valence-corrected chi connectivity index (χ1v) is 5.48. The van der Waals surface area contributed by atoms with Crippen LogP contribution in [0.1, 0.15) is 15.9 Å². The van der Waals surface area contributed by atoms with Gasteiger partial charge in [0.05, 0.1) is 5.56 Å². The number of anilines is 2. The summed E-state index contributed by atoms with van der Waals surface area (Å²) in [5, 5.41) is 2.92. The van der Waals surface area contributed by atoms with E-state index in [-0.39, 0.29) is 22.4 Å². The van der Waals surface area contributed by atoms with Crippen molar-refractivity contribution in [3.63, 3.8) is 0 Å². The van der Waals surface area contributed by atoms with Crippen LogP contribution in [0, 0.1) is 12.7 Å². The molecule has 0 saturated heterocycles. The van der Waals surface area contributed by atoms with Crippen molar-refractivity contribution in [3.8, 4) is 0 Å². The molecule has 0 spiro atoms. The fourth-order valence-electron chi connectivity index (χ4n) is 1.43. The molecule has 4 nitrogen and oxygen atoms in total. The van der Waals surface area contributed by atoms with Crippen LogP contribution in [0.2, 0.25) is 5.15 Å². The van der Waals surface area contributed by atoms with E-state index in [4.69, 9.17) is 11.6 Å². The topological polar surface area (TPSA) is 54.9 Å². The standard InChI is InChI=1S/C12H9ClFN3O/c1-7-2-3-8(14)4-10(7)17-12-9(5-18)11(13)15-6-16-12/h2-6H,1H3,(H,15,16,17). The quantitative estimate of drug-likeness (QED) is 0.684. The number of benzene rings is 1. The molecule has 6 heteroatoms. The van der Waals surface area contributed by atoms with E-state index in [0.717, 1.165) is 5.56 Å². The molecule has 0 radical (unpaired) electrons. The molecule has 1 aromatic carbocycles. The van der Waals surface area contributed by atoms with Gasteiger partial charge in [-0.2, -0.15) is 0 Å². The highest BCUT2D eigenvalue weighted by Gasteiger charge is 2.10. The molecule has 0 saturated carbocycles. The highest BCUT2D eigenvalue weighted by atomic mass is 35.5. The maximum Gasteiger partial charge on any atom is 0.156 e. The minimum atomic E-state index is -0.379. The lowest BCUT2D eigenvalue weighted by Gasteiger charge is -2.10. The minimum absolute atomic E-state index is 0.0524. The van der Waals surface area contributed by atoms with Crippen molar-refractivity contribution < 1.29 is 9.18 Å². The molecule has 1 N–H and O–H groups in total. The van der Waals surface area contributed by atoms with E-state index in [9.17, 15) is 9.18 Å². The van der Waals surface area contributed by atoms with Crippen molar-refractivity contribution in [1.82, 2.24) is 9.97 Å². The third-order valence-corrected chi connectivity index (χ3v) is 2.71. The summed E-state index contributed by atoms with van der Waals surface area (Å²) in [4.78, 5) is 18.5. The van der Waals surface area contributed by atoms with E-state index in [1.807, 2.05) is 6.92 Å². The summed E-state index contributed by atoms with van der Waals surface area (Å²) in [5.74, 6) is -0.130. The van der Waals surface area contributed by atoms with E-state index in [2.05, 4.69) is 15.3 Å². The van der Waals surface area contributed by atoms with Crippen molar-refractivity contribution >= 4 is 29.4 Å². The number of halogens is 2. The Morgan fingerprint density at radius 2 is 2.17 bits per heavy atom. The fourth-order valence-corrected chi connectivity index (χ4v) is 1.61. The number of rotatable bonds is 3. The number of aromatic nitrogens is 2. The Labute approximate surface area is 108 Å². The van der Waals surface area contributed by atoms with Crippen molar-refractivity contribution in [2.24, 2.45) is 0 Å². The van der Waals surface area contributed by atoms with Crippen LogP contribution in [0.3, 0.4) is 0 Å². The maximum absolute atomic E-state index is 13.1. The van der Waals surface area contributed by atoms with Crippen molar-refractivity contribution in [2.75, 3.05) is 5.32 Å². The minimum Gasteiger partial charge on any atom is -0.339 e. The number of aldehydes is 1. The van der Waals surface area contributed by atoms with Crippen molar-refractivity contribution in [1.29, 1.82) is 0 Å². The molecule has 18 heavy (non-hydrogen) atoms. The molecule has 0 unspecified atom stereocenters. The Hall–Kier alpha value is -2.01. The molecule has 1 aromatic heterocycles. The van der Waals surface area contributed by atoms with Gasteiger partial charge in [0.15, 0.2) is 6.29 Å². The highest BCUT2D eigenvalue weighted by Crippen LogP contribution is 2.24. The van der Waals surface area contributed by atoms with Gasteiger partial charge in [-0.25, -0.2) is 14.4 Å². The molecule has 2 aromatic rings. The summed E-state index contributed by atoms with van der Waals surface area (Å²) in [6.07, 6.45) is 1.78. The van der Waals surface area contributed by atoms with Crippen LogP contribution in [-0.4, -0.2) is 16.3 Å². The molecule has 0 aliphatic rings. The van der Waals surface area contributed by atoms with Gasteiger partial charge < -0.3 is 5.32 Å². The summed E-state index contributed by atoms with van der Waals surface area (Å²) >= 11 is 5.77. The van der Waals surface area contributed by atoms with Gasteiger partial charge >= 0.3 is 0 Å². The smallest absolute Gasteiger partial charge is 0.156 e. The van der Waals surface area contributed by atoms with Gasteiger partial charge in [0.25, 0.3) is 0 Å². The molecule has 0 aliphatic carbocycles. The lowest BCUT2D eigenvalue weighted by molar-refractivity contribution is 0.112. The number of aryl methyl sites for hydroxylation is 1. The first-order valence-electron chi connectivity index (χ1n) is 5.10. The molecule has 0 bridgehead atoms. The predicted octanol–water partition coefficient (Wildman–Crippen LogP) is 3.13. The largest absolute Gasteiger partial charge is 0.339 e. The average Bonchev–Trinajstić information content (AvgIpc) is 2.34. The third kappa shape index (κ3) is 2.46. The zero-order valence-electron chi connectivity index (χ0n) is 9.45. The molecule has 92 valence electrons. The van der Waals surface area contributed by atoms with E-state index in [1.54, 1.807) is 6.07 Å². The van der Waals surface area contributed by atoms with Crippen molar-refractivity contribution in [3.05, 3.63) is 46.6 Å². The van der Waals surface area contributed by atoms with Gasteiger partial charge in [-0.05, 0) is 24.6 Å². The Balaban J connectivity index is 2.43. The lowest BCUT2D eigenvalue weighted by atomic mass is 10.2. The van der Waals surface area contributed by atoms with E-state index in [1.165, 1.54) is 18.5 Å². The Morgan fingerprint density at radius 3 is 2.89 bits per heavy atom. The van der Waals surface area contributed by atoms with Gasteiger partial charge in [0, 0.05) is 5.69 Å². The monoisotopic (exact) mass is 265 g/mol. The molecule has 0 fully saturated rings. The molecular formula is C12H9ClFN3O.